The molecule has 2 saturated heterocycles. The number of methoxy groups -OCH3 is 1. The van der Waals surface area contributed by atoms with Crippen LogP contribution in [0, 0.1) is 18.8 Å². The van der Waals surface area contributed by atoms with Crippen molar-refractivity contribution in [3.63, 3.8) is 0 Å². The minimum Gasteiger partial charge on any atom is -0.491 e. The number of ether oxygens (including phenoxy) is 3. The van der Waals surface area contributed by atoms with E-state index in [1.807, 2.05) is 27.7 Å². The number of piperidine rings is 2. The lowest BCUT2D eigenvalue weighted by Crippen LogP contribution is -2.46. The second-order valence-electron chi connectivity index (χ2n) is 14.5. The normalized spacial score (nSPS) is 17.6. The zero-order valence-electron chi connectivity index (χ0n) is 30.9. The lowest BCUT2D eigenvalue weighted by Gasteiger charge is -2.35. The Kier molecular flexibility index (Phi) is 14.5. The summed E-state index contributed by atoms with van der Waals surface area (Å²) in [5.41, 5.74) is 1.06. The topological polar surface area (TPSA) is 158 Å². The molecule has 2 aliphatic rings. The predicted octanol–water partition coefficient (Wildman–Crippen LogP) is 5.17. The first-order valence-electron chi connectivity index (χ1n) is 18.0. The minimum atomic E-state index is -3.91. The molecule has 0 bridgehead atoms. The predicted molar refractivity (Wildman–Crippen MR) is 193 cm³/mol. The van der Waals surface area contributed by atoms with Crippen molar-refractivity contribution >= 4 is 34.0 Å². The first-order valence-corrected chi connectivity index (χ1v) is 19.4. The van der Waals surface area contributed by atoms with Crippen LogP contribution in [0.4, 0.5) is 4.79 Å². The highest BCUT2D eigenvalue weighted by atomic mass is 32.2. The number of nitrogens with one attached hydrogen (secondary N) is 1. The molecule has 1 N–H and O–H groups in total. The summed E-state index contributed by atoms with van der Waals surface area (Å²) in [5.74, 6) is -0.335. The Bertz CT molecular complexity index is 1620. The van der Waals surface area contributed by atoms with E-state index in [0.29, 0.717) is 62.7 Å². The number of carbonyl (C=O) groups excluding carboxylic acids is 4. The maximum absolute atomic E-state index is 13.5. The molecule has 4 rings (SSSR count). The molecule has 14 heteroatoms. The summed E-state index contributed by atoms with van der Waals surface area (Å²) in [6.45, 7) is 9.33. The number of rotatable bonds is 14. The van der Waals surface area contributed by atoms with Gasteiger partial charge in [0.15, 0.2) is 0 Å². The third kappa shape index (κ3) is 12.5. The molecule has 0 aliphatic carbocycles. The van der Waals surface area contributed by atoms with Gasteiger partial charge in [-0.3, -0.25) is 18.6 Å². The van der Waals surface area contributed by atoms with Gasteiger partial charge in [-0.05, 0) is 95.5 Å². The van der Waals surface area contributed by atoms with Crippen molar-refractivity contribution in [3.8, 4) is 5.75 Å². The highest BCUT2D eigenvalue weighted by Crippen LogP contribution is 2.27. The fourth-order valence-corrected chi connectivity index (χ4v) is 7.19. The zero-order chi connectivity index (χ0) is 37.9. The Labute approximate surface area is 307 Å². The fraction of sp³-hybridized carbons (Fsp3) is 0.579. The summed E-state index contributed by atoms with van der Waals surface area (Å²) in [5, 5.41) is 3.00. The largest absolute Gasteiger partial charge is 0.491 e. The Morgan fingerprint density at radius 3 is 2.21 bits per heavy atom. The number of esters is 1. The second-order valence-corrected chi connectivity index (χ2v) is 16.1. The number of aryl methyl sites for hydroxylation is 1. The Morgan fingerprint density at radius 2 is 1.58 bits per heavy atom. The molecule has 3 amide bonds. The zero-order valence-corrected chi connectivity index (χ0v) is 31.7. The molecule has 0 radical (unpaired) electrons. The first kappa shape index (κ1) is 40.6. The molecule has 2 unspecified atom stereocenters. The molecule has 2 fully saturated rings. The molecule has 286 valence electrons. The molecule has 0 aromatic heterocycles. The van der Waals surface area contributed by atoms with Crippen molar-refractivity contribution in [2.45, 2.75) is 89.2 Å². The third-order valence-electron chi connectivity index (χ3n) is 9.28. The maximum atomic E-state index is 13.5. The van der Waals surface area contributed by atoms with E-state index >= 15 is 0 Å². The van der Waals surface area contributed by atoms with Crippen LogP contribution in [0.25, 0.3) is 0 Å². The van der Waals surface area contributed by atoms with E-state index < -0.39 is 33.6 Å². The van der Waals surface area contributed by atoms with Gasteiger partial charge in [0.25, 0.3) is 10.1 Å². The number of hydrogen-bond donors (Lipinski definition) is 1. The van der Waals surface area contributed by atoms with Crippen LogP contribution >= 0.6 is 0 Å². The van der Waals surface area contributed by atoms with Crippen LogP contribution in [-0.4, -0.2) is 94.2 Å². The average molecular weight is 744 g/mol. The van der Waals surface area contributed by atoms with Gasteiger partial charge in [0.2, 0.25) is 11.8 Å². The van der Waals surface area contributed by atoms with Gasteiger partial charge in [-0.2, -0.15) is 8.42 Å². The number of likely N-dealkylation sites (tertiary alicyclic amines) is 2. The SMILES string of the molecule is COC(=O)CC(NC(=O)C1CCCN(C(=O)CCC2CCN(C(=O)OC(C)(C)C)CC2)C1)c1ccc(OCCOS(=O)(=O)c2ccc(C)cc2)cc1. The Morgan fingerprint density at radius 1 is 0.904 bits per heavy atom. The molecule has 0 spiro atoms. The molecule has 52 heavy (non-hydrogen) atoms. The van der Waals surface area contributed by atoms with E-state index in [1.54, 1.807) is 46.2 Å². The van der Waals surface area contributed by atoms with Crippen LogP contribution in [0.3, 0.4) is 0 Å². The van der Waals surface area contributed by atoms with Crippen LogP contribution in [0.5, 0.6) is 5.75 Å². The van der Waals surface area contributed by atoms with Crippen molar-refractivity contribution in [2.24, 2.45) is 11.8 Å². The molecule has 2 aliphatic heterocycles. The van der Waals surface area contributed by atoms with Crippen LogP contribution in [-0.2, 0) is 38.2 Å². The van der Waals surface area contributed by atoms with E-state index in [9.17, 15) is 27.6 Å². The first-order chi connectivity index (χ1) is 24.6. The lowest BCUT2D eigenvalue weighted by atomic mass is 9.91. The number of benzene rings is 2. The molecule has 2 aromatic rings. The quantitative estimate of drug-likeness (QED) is 0.156. The van der Waals surface area contributed by atoms with Gasteiger partial charge in [0.05, 0.1) is 30.4 Å². The molecule has 2 atom stereocenters. The summed E-state index contributed by atoms with van der Waals surface area (Å²) in [6, 6.07) is 12.5. The summed E-state index contributed by atoms with van der Waals surface area (Å²) < 4.78 is 45.9. The van der Waals surface area contributed by atoms with Gasteiger partial charge in [0, 0.05) is 32.6 Å². The Hall–Kier alpha value is -4.17. The van der Waals surface area contributed by atoms with Crippen LogP contribution in [0.2, 0.25) is 0 Å². The van der Waals surface area contributed by atoms with E-state index in [4.69, 9.17) is 18.4 Å². The lowest BCUT2D eigenvalue weighted by molar-refractivity contribution is -0.141. The van der Waals surface area contributed by atoms with Crippen molar-refractivity contribution in [2.75, 3.05) is 46.5 Å². The number of amides is 3. The minimum absolute atomic E-state index is 0.0168. The van der Waals surface area contributed by atoms with Crippen molar-refractivity contribution in [1.82, 2.24) is 15.1 Å². The van der Waals surface area contributed by atoms with Gasteiger partial charge in [-0.15, -0.1) is 0 Å². The standard InChI is InChI=1S/C38H53N3O10S/c1-27-8-15-32(16-9-27)52(46,47)50-24-23-49-31-13-11-29(12-14-31)33(25-35(43)48-5)39-36(44)30-7-6-20-41(26-30)34(42)17-10-28-18-21-40(22-19-28)37(45)51-38(2,3)4/h8-9,11-16,28,30,33H,6-7,10,17-26H2,1-5H3,(H,39,44). The van der Waals surface area contributed by atoms with Crippen LogP contribution < -0.4 is 10.1 Å². The molecule has 2 heterocycles. The van der Waals surface area contributed by atoms with Gasteiger partial charge >= 0.3 is 12.1 Å². The summed E-state index contributed by atoms with van der Waals surface area (Å²) in [4.78, 5) is 55.0. The average Bonchev–Trinajstić information content (AvgIpc) is 3.12. The highest BCUT2D eigenvalue weighted by Gasteiger charge is 2.32. The molecule has 2 aromatic carbocycles. The van der Waals surface area contributed by atoms with Crippen LogP contribution in [0.15, 0.2) is 53.4 Å². The van der Waals surface area contributed by atoms with Crippen molar-refractivity contribution in [1.29, 1.82) is 0 Å². The fourth-order valence-electron chi connectivity index (χ4n) is 6.30. The number of carbonyl (C=O) groups is 4. The third-order valence-corrected chi connectivity index (χ3v) is 10.6. The summed E-state index contributed by atoms with van der Waals surface area (Å²) >= 11 is 0. The maximum Gasteiger partial charge on any atom is 0.410 e. The van der Waals surface area contributed by atoms with Gasteiger partial charge in [0.1, 0.15) is 24.6 Å². The summed E-state index contributed by atoms with van der Waals surface area (Å²) in [6.07, 6.45) is 3.69. The van der Waals surface area contributed by atoms with Gasteiger partial charge < -0.3 is 29.3 Å². The number of hydrogen-bond acceptors (Lipinski definition) is 10. The van der Waals surface area contributed by atoms with E-state index in [2.05, 4.69) is 5.32 Å². The Balaban J connectivity index is 1.24. The van der Waals surface area contributed by atoms with Crippen molar-refractivity contribution < 1.29 is 46.0 Å². The number of nitrogens with zero attached hydrogens (tertiary/aromatic N) is 2. The highest BCUT2D eigenvalue weighted by molar-refractivity contribution is 7.86. The molecule has 13 nitrogen and oxygen atoms in total. The van der Waals surface area contributed by atoms with E-state index in [-0.39, 0.29) is 42.4 Å². The molecular formula is C38H53N3O10S. The summed E-state index contributed by atoms with van der Waals surface area (Å²) in [7, 11) is -2.62. The van der Waals surface area contributed by atoms with E-state index in [0.717, 1.165) is 24.8 Å². The molecule has 0 saturated carbocycles. The smallest absolute Gasteiger partial charge is 0.410 e. The molecular weight excluding hydrogens is 690 g/mol. The monoisotopic (exact) mass is 743 g/mol. The van der Waals surface area contributed by atoms with Gasteiger partial charge in [-0.1, -0.05) is 29.8 Å². The van der Waals surface area contributed by atoms with Gasteiger partial charge in [-0.25, -0.2) is 4.79 Å². The van der Waals surface area contributed by atoms with Crippen LogP contribution in [0.1, 0.15) is 82.9 Å². The second kappa shape index (κ2) is 18.5. The van der Waals surface area contributed by atoms with Crippen molar-refractivity contribution in [3.05, 3.63) is 59.7 Å². The van der Waals surface area contributed by atoms with E-state index in [1.165, 1.54) is 19.2 Å².